The van der Waals surface area contributed by atoms with Gasteiger partial charge in [0.2, 0.25) is 0 Å². The maximum atomic E-state index is 8.88. The highest BCUT2D eigenvalue weighted by molar-refractivity contribution is 7.45. The van der Waals surface area contributed by atoms with E-state index >= 15 is 0 Å². The molecule has 0 rings (SSSR count). The lowest BCUT2D eigenvalue weighted by atomic mass is 10.4. The molecule has 0 saturated heterocycles. The van der Waals surface area contributed by atoms with E-state index < -0.39 is 7.82 Å². The van der Waals surface area contributed by atoms with Crippen molar-refractivity contribution >= 4 is 7.82 Å². The summed E-state index contributed by atoms with van der Waals surface area (Å²) in [6, 6.07) is 0. The zero-order valence-electron chi connectivity index (χ0n) is 5.69. The second-order valence-electron chi connectivity index (χ2n) is 1.56. The van der Waals surface area contributed by atoms with Gasteiger partial charge in [0.15, 0.2) is 0 Å². The maximum Gasteiger partial charge on any atom is 0.466 e. The van der Waals surface area contributed by atoms with Crippen LogP contribution in [0.5, 0.6) is 0 Å². The molecule has 0 bridgehead atoms. The van der Waals surface area contributed by atoms with E-state index in [1.807, 2.05) is 6.92 Å². The van der Waals surface area contributed by atoms with Crippen molar-refractivity contribution in [2.75, 3.05) is 0 Å². The number of allylic oxidation sites excluding steroid dienone is 2. The smallest absolute Gasteiger partial charge is 0.303 e. The van der Waals surface area contributed by atoms with Crippen molar-refractivity contribution in [3.8, 4) is 0 Å². The van der Waals surface area contributed by atoms with Crippen LogP contribution in [0, 0.1) is 0 Å². The number of hydrogen-bond donors (Lipinski definition) is 3. The van der Waals surface area contributed by atoms with Gasteiger partial charge in [0, 0.05) is 0 Å². The van der Waals surface area contributed by atoms with E-state index in [4.69, 9.17) is 19.2 Å². The van der Waals surface area contributed by atoms with E-state index in [0.29, 0.717) is 0 Å². The second kappa shape index (κ2) is 5.38. The molecule has 0 aliphatic rings. The van der Waals surface area contributed by atoms with Crippen LogP contribution in [0.25, 0.3) is 0 Å². The molecule has 0 aliphatic heterocycles. The van der Waals surface area contributed by atoms with Gasteiger partial charge in [-0.25, -0.2) is 4.57 Å². The summed E-state index contributed by atoms with van der Waals surface area (Å²) in [7, 11) is -4.64. The molecule has 0 spiro atoms. The summed E-state index contributed by atoms with van der Waals surface area (Å²) in [5.74, 6) is 0. The third kappa shape index (κ3) is 130. The molecule has 0 atom stereocenters. The van der Waals surface area contributed by atoms with E-state index in [1.54, 1.807) is 6.08 Å². The van der Waals surface area contributed by atoms with Gasteiger partial charge in [0.1, 0.15) is 0 Å². The Labute approximate surface area is 59.8 Å². The van der Waals surface area contributed by atoms with Gasteiger partial charge >= 0.3 is 7.82 Å². The fourth-order valence-corrected chi connectivity index (χ4v) is 0. The number of rotatable bonds is 1. The standard InChI is InChI=1S/C5H8.H3O4P/c1-4-5(2)3;1-5(2,3)4/h4H,1-2H2,3H3;(H3,1,2,3,4). The van der Waals surface area contributed by atoms with Crippen LogP contribution < -0.4 is 0 Å². The molecule has 0 aromatic carbocycles. The van der Waals surface area contributed by atoms with Crippen LogP contribution in [0.15, 0.2) is 24.8 Å². The molecule has 0 saturated carbocycles. The molecule has 0 amide bonds. The Morgan fingerprint density at radius 3 is 1.60 bits per heavy atom. The molecule has 0 heterocycles. The fraction of sp³-hybridized carbons (Fsp3) is 0.200. The van der Waals surface area contributed by atoms with Crippen LogP contribution in [0.3, 0.4) is 0 Å². The molecule has 5 heteroatoms. The van der Waals surface area contributed by atoms with E-state index in [2.05, 4.69) is 13.2 Å². The minimum Gasteiger partial charge on any atom is -0.303 e. The van der Waals surface area contributed by atoms with E-state index in [9.17, 15) is 0 Å². The third-order valence-electron chi connectivity index (χ3n) is 0.348. The summed E-state index contributed by atoms with van der Waals surface area (Å²) < 4.78 is 8.88. The first kappa shape index (κ1) is 12.3. The Bertz CT molecular complexity index is 149. The first-order valence-corrected chi connectivity index (χ1v) is 3.90. The Kier molecular flexibility index (Phi) is 6.61. The summed E-state index contributed by atoms with van der Waals surface area (Å²) in [5.41, 5.74) is 1.02. The minimum absolute atomic E-state index is 1.02. The normalized spacial score (nSPS) is 9.20. The van der Waals surface area contributed by atoms with Crippen molar-refractivity contribution in [2.45, 2.75) is 6.92 Å². The highest BCUT2D eigenvalue weighted by Crippen LogP contribution is 2.25. The summed E-state index contributed by atoms with van der Waals surface area (Å²) in [4.78, 5) is 21.6. The molecular formula is C5H11O4P. The lowest BCUT2D eigenvalue weighted by molar-refractivity contribution is 0.275. The molecule has 3 N–H and O–H groups in total. The molecule has 0 radical (unpaired) electrons. The highest BCUT2D eigenvalue weighted by Gasteiger charge is 2.00. The van der Waals surface area contributed by atoms with E-state index in [-0.39, 0.29) is 0 Å². The van der Waals surface area contributed by atoms with Crippen molar-refractivity contribution < 1.29 is 19.2 Å². The summed E-state index contributed by atoms with van der Waals surface area (Å²) in [6.45, 7) is 8.93. The molecule has 0 aliphatic carbocycles. The van der Waals surface area contributed by atoms with Crippen LogP contribution in [0.1, 0.15) is 6.92 Å². The fourth-order valence-electron chi connectivity index (χ4n) is 0. The maximum absolute atomic E-state index is 8.88. The van der Waals surface area contributed by atoms with Gasteiger partial charge in [-0.15, -0.1) is 0 Å². The van der Waals surface area contributed by atoms with Crippen LogP contribution >= 0.6 is 7.82 Å². The van der Waals surface area contributed by atoms with Crippen molar-refractivity contribution in [1.29, 1.82) is 0 Å². The average Bonchev–Trinajstić information content (AvgIpc) is 1.61. The largest absolute Gasteiger partial charge is 0.466 e. The highest BCUT2D eigenvalue weighted by atomic mass is 31.2. The predicted octanol–water partition coefficient (Wildman–Crippen LogP) is 0.820. The predicted molar refractivity (Wildman–Crippen MR) is 39.3 cm³/mol. The molecule has 0 unspecified atom stereocenters. The molecule has 60 valence electrons. The lowest BCUT2D eigenvalue weighted by Gasteiger charge is -1.82. The van der Waals surface area contributed by atoms with Crippen LogP contribution in [0.2, 0.25) is 0 Å². The van der Waals surface area contributed by atoms with E-state index in [1.165, 1.54) is 0 Å². The Morgan fingerprint density at radius 1 is 1.50 bits per heavy atom. The van der Waals surface area contributed by atoms with Crippen LogP contribution in [0.4, 0.5) is 0 Å². The number of phosphoric acid groups is 1. The Morgan fingerprint density at radius 2 is 1.60 bits per heavy atom. The van der Waals surface area contributed by atoms with Gasteiger partial charge in [0.05, 0.1) is 0 Å². The SMILES string of the molecule is C=CC(=C)C.O=P(O)(O)O. The second-order valence-corrected chi connectivity index (χ2v) is 2.59. The monoisotopic (exact) mass is 166 g/mol. The molecule has 10 heavy (non-hydrogen) atoms. The Balaban J connectivity index is 0. The zero-order chi connectivity index (χ0) is 8.78. The van der Waals surface area contributed by atoms with Crippen molar-refractivity contribution in [3.63, 3.8) is 0 Å². The first-order valence-electron chi connectivity index (χ1n) is 2.33. The molecular weight excluding hydrogens is 155 g/mol. The van der Waals surface area contributed by atoms with Crippen molar-refractivity contribution in [2.24, 2.45) is 0 Å². The summed E-state index contributed by atoms with van der Waals surface area (Å²) in [6.07, 6.45) is 1.72. The summed E-state index contributed by atoms with van der Waals surface area (Å²) in [5, 5.41) is 0. The van der Waals surface area contributed by atoms with Gasteiger partial charge in [-0.3, -0.25) is 0 Å². The van der Waals surface area contributed by atoms with Gasteiger partial charge in [-0.1, -0.05) is 24.8 Å². The molecule has 0 aromatic rings. The quantitative estimate of drug-likeness (QED) is 0.398. The van der Waals surface area contributed by atoms with Gasteiger partial charge in [-0.2, -0.15) is 0 Å². The Hall–Kier alpha value is -0.410. The molecule has 4 nitrogen and oxygen atoms in total. The minimum atomic E-state index is -4.64. The van der Waals surface area contributed by atoms with Gasteiger partial charge in [0.25, 0.3) is 0 Å². The van der Waals surface area contributed by atoms with Gasteiger partial charge < -0.3 is 14.7 Å². The van der Waals surface area contributed by atoms with E-state index in [0.717, 1.165) is 5.57 Å². The zero-order valence-corrected chi connectivity index (χ0v) is 6.58. The van der Waals surface area contributed by atoms with Crippen LogP contribution in [-0.2, 0) is 4.57 Å². The molecule has 0 aromatic heterocycles. The first-order chi connectivity index (χ1) is 4.27. The summed E-state index contributed by atoms with van der Waals surface area (Å²) >= 11 is 0. The third-order valence-corrected chi connectivity index (χ3v) is 0.348. The topological polar surface area (TPSA) is 77.8 Å². The van der Waals surface area contributed by atoms with Crippen molar-refractivity contribution in [1.82, 2.24) is 0 Å². The molecule has 0 fully saturated rings. The average molecular weight is 166 g/mol. The van der Waals surface area contributed by atoms with Crippen molar-refractivity contribution in [3.05, 3.63) is 24.8 Å². The van der Waals surface area contributed by atoms with Crippen LogP contribution in [-0.4, -0.2) is 14.7 Å². The number of hydrogen-bond acceptors (Lipinski definition) is 1. The lowest BCUT2D eigenvalue weighted by Crippen LogP contribution is -1.66. The van der Waals surface area contributed by atoms with Gasteiger partial charge in [-0.05, 0) is 6.92 Å².